The van der Waals surface area contributed by atoms with E-state index in [9.17, 15) is 4.79 Å². The van der Waals surface area contributed by atoms with E-state index in [0.29, 0.717) is 36.2 Å². The van der Waals surface area contributed by atoms with Gasteiger partial charge in [0.2, 0.25) is 17.6 Å². The number of hydrogen-bond acceptors (Lipinski definition) is 6. The lowest BCUT2D eigenvalue weighted by Gasteiger charge is -2.07. The molecular formula is C19H19ClN4O3. The highest BCUT2D eigenvalue weighted by Crippen LogP contribution is 2.21. The molecule has 0 bridgehead atoms. The second-order valence-electron chi connectivity index (χ2n) is 5.89. The first-order valence-electron chi connectivity index (χ1n) is 8.50. The van der Waals surface area contributed by atoms with Gasteiger partial charge in [-0.15, -0.1) is 0 Å². The van der Waals surface area contributed by atoms with Gasteiger partial charge in [0.05, 0.1) is 13.2 Å². The molecular weight excluding hydrogens is 368 g/mol. The highest BCUT2D eigenvalue weighted by molar-refractivity contribution is 6.31. The number of nitrogens with zero attached hydrogens (tertiary/aromatic N) is 3. The molecule has 0 aliphatic carbocycles. The number of aryl methyl sites for hydroxylation is 1. The molecule has 27 heavy (non-hydrogen) atoms. The molecule has 7 nitrogen and oxygen atoms in total. The van der Waals surface area contributed by atoms with E-state index in [1.54, 1.807) is 30.6 Å². The van der Waals surface area contributed by atoms with Gasteiger partial charge in [-0.3, -0.25) is 9.78 Å². The van der Waals surface area contributed by atoms with Gasteiger partial charge in [-0.25, -0.2) is 0 Å². The maximum atomic E-state index is 11.9. The summed E-state index contributed by atoms with van der Waals surface area (Å²) < 4.78 is 10.8. The minimum absolute atomic E-state index is 0.102. The lowest BCUT2D eigenvalue weighted by molar-refractivity contribution is -0.121. The van der Waals surface area contributed by atoms with Crippen LogP contribution in [0.5, 0.6) is 5.75 Å². The van der Waals surface area contributed by atoms with Crippen molar-refractivity contribution >= 4 is 17.5 Å². The van der Waals surface area contributed by atoms with Crippen LogP contribution in [0.15, 0.2) is 47.2 Å². The molecule has 3 aromatic rings. The molecule has 0 aliphatic heterocycles. The van der Waals surface area contributed by atoms with Crippen LogP contribution >= 0.6 is 11.6 Å². The van der Waals surface area contributed by atoms with Gasteiger partial charge in [-0.05, 0) is 49.2 Å². The molecule has 2 aromatic heterocycles. The van der Waals surface area contributed by atoms with Gasteiger partial charge in [0.15, 0.2) is 0 Å². The third-order valence-electron chi connectivity index (χ3n) is 3.79. The van der Waals surface area contributed by atoms with Gasteiger partial charge in [-0.1, -0.05) is 16.8 Å². The van der Waals surface area contributed by atoms with E-state index in [1.165, 1.54) is 0 Å². The molecule has 0 fully saturated rings. The second kappa shape index (κ2) is 9.14. The van der Waals surface area contributed by atoms with Crippen LogP contribution in [-0.4, -0.2) is 27.6 Å². The summed E-state index contributed by atoms with van der Waals surface area (Å²) in [5, 5.41) is 7.35. The second-order valence-corrected chi connectivity index (χ2v) is 6.29. The van der Waals surface area contributed by atoms with E-state index < -0.39 is 0 Å². The number of aromatic nitrogens is 3. The summed E-state index contributed by atoms with van der Waals surface area (Å²) in [6, 6.07) is 9.05. The molecule has 2 heterocycles. The zero-order valence-corrected chi connectivity index (χ0v) is 15.6. The van der Waals surface area contributed by atoms with Crippen molar-refractivity contribution in [3.05, 3.63) is 59.2 Å². The van der Waals surface area contributed by atoms with Crippen LogP contribution in [0.1, 0.15) is 24.3 Å². The number of ether oxygens (including phenoxy) is 1. The molecule has 0 aliphatic rings. The smallest absolute Gasteiger partial charge is 0.246 e. The minimum Gasteiger partial charge on any atom is -0.494 e. The van der Waals surface area contributed by atoms with Crippen LogP contribution in [-0.2, 0) is 11.3 Å². The molecule has 1 aromatic carbocycles. The fourth-order valence-electron chi connectivity index (χ4n) is 2.34. The topological polar surface area (TPSA) is 90.1 Å². The van der Waals surface area contributed by atoms with Crippen molar-refractivity contribution in [3.63, 3.8) is 0 Å². The van der Waals surface area contributed by atoms with Crippen molar-refractivity contribution in [1.82, 2.24) is 20.4 Å². The van der Waals surface area contributed by atoms with E-state index >= 15 is 0 Å². The Balaban J connectivity index is 1.37. The fraction of sp³-hybridized carbons (Fsp3) is 0.263. The predicted octanol–water partition coefficient (Wildman–Crippen LogP) is 3.57. The van der Waals surface area contributed by atoms with E-state index in [-0.39, 0.29) is 12.5 Å². The van der Waals surface area contributed by atoms with Gasteiger partial charge >= 0.3 is 0 Å². The summed E-state index contributed by atoms with van der Waals surface area (Å²) in [6.07, 6.45) is 4.25. The van der Waals surface area contributed by atoms with Crippen molar-refractivity contribution in [2.75, 3.05) is 6.61 Å². The minimum atomic E-state index is -0.102. The average molecular weight is 387 g/mol. The molecule has 0 saturated heterocycles. The van der Waals surface area contributed by atoms with E-state index in [1.807, 2.05) is 19.1 Å². The van der Waals surface area contributed by atoms with Gasteiger partial charge in [0.25, 0.3) is 0 Å². The van der Waals surface area contributed by atoms with Gasteiger partial charge in [0.1, 0.15) is 5.75 Å². The van der Waals surface area contributed by atoms with Crippen molar-refractivity contribution in [1.29, 1.82) is 0 Å². The molecule has 0 unspecified atom stereocenters. The molecule has 0 saturated carbocycles. The molecule has 1 N–H and O–H groups in total. The summed E-state index contributed by atoms with van der Waals surface area (Å²) in [5.41, 5.74) is 1.76. The Hall–Kier alpha value is -2.93. The Morgan fingerprint density at radius 2 is 2.07 bits per heavy atom. The zero-order chi connectivity index (χ0) is 19.1. The number of pyridine rings is 1. The maximum absolute atomic E-state index is 11.9. The largest absolute Gasteiger partial charge is 0.494 e. The first kappa shape index (κ1) is 18.8. The van der Waals surface area contributed by atoms with Gasteiger partial charge in [-0.2, -0.15) is 4.98 Å². The van der Waals surface area contributed by atoms with Crippen LogP contribution in [0, 0.1) is 6.92 Å². The highest BCUT2D eigenvalue weighted by Gasteiger charge is 2.10. The van der Waals surface area contributed by atoms with E-state index in [0.717, 1.165) is 16.9 Å². The number of carbonyl (C=O) groups excluding carboxylic acids is 1. The average Bonchev–Trinajstić information content (AvgIpc) is 3.16. The monoisotopic (exact) mass is 386 g/mol. The maximum Gasteiger partial charge on any atom is 0.246 e. The molecule has 8 heteroatoms. The molecule has 0 spiro atoms. The Kier molecular flexibility index (Phi) is 6.38. The Bertz CT molecular complexity index is 899. The SMILES string of the molecule is Cc1cc(OCCCC(=O)NCc2nc(-c3ccncc3)no2)ccc1Cl. The van der Waals surface area contributed by atoms with Gasteiger partial charge < -0.3 is 14.6 Å². The summed E-state index contributed by atoms with van der Waals surface area (Å²) in [7, 11) is 0. The Labute approximate surface area is 161 Å². The molecule has 0 atom stereocenters. The normalized spacial score (nSPS) is 10.6. The standard InChI is InChI=1S/C19H19ClN4O3/c1-13-11-15(4-5-16(13)20)26-10-2-3-17(25)22-12-18-23-19(24-27-18)14-6-8-21-9-7-14/h4-9,11H,2-3,10,12H2,1H3,(H,22,25). The van der Waals surface area contributed by atoms with Crippen LogP contribution in [0.3, 0.4) is 0 Å². The lowest BCUT2D eigenvalue weighted by Crippen LogP contribution is -2.23. The lowest BCUT2D eigenvalue weighted by atomic mass is 10.2. The van der Waals surface area contributed by atoms with Crippen molar-refractivity contribution in [3.8, 4) is 17.1 Å². The van der Waals surface area contributed by atoms with Crippen molar-refractivity contribution in [2.45, 2.75) is 26.3 Å². The van der Waals surface area contributed by atoms with Crippen LogP contribution in [0.25, 0.3) is 11.4 Å². The number of rotatable bonds is 8. The summed E-state index contributed by atoms with van der Waals surface area (Å²) >= 11 is 5.98. The number of carbonyl (C=O) groups is 1. The van der Waals surface area contributed by atoms with E-state index in [4.69, 9.17) is 20.9 Å². The van der Waals surface area contributed by atoms with Crippen LogP contribution in [0.4, 0.5) is 0 Å². The molecule has 140 valence electrons. The molecule has 0 radical (unpaired) electrons. The number of amides is 1. The summed E-state index contributed by atoms with van der Waals surface area (Å²) in [6.45, 7) is 2.55. The zero-order valence-electron chi connectivity index (χ0n) is 14.8. The number of benzene rings is 1. The number of nitrogens with one attached hydrogen (secondary N) is 1. The summed E-state index contributed by atoms with van der Waals surface area (Å²) in [5.74, 6) is 1.46. The predicted molar refractivity (Wildman–Crippen MR) is 100 cm³/mol. The van der Waals surface area contributed by atoms with E-state index in [2.05, 4.69) is 20.4 Å². The quantitative estimate of drug-likeness (QED) is 0.595. The molecule has 1 amide bonds. The third kappa shape index (κ3) is 5.52. The third-order valence-corrected chi connectivity index (χ3v) is 4.21. The van der Waals surface area contributed by atoms with Crippen LogP contribution < -0.4 is 10.1 Å². The van der Waals surface area contributed by atoms with Gasteiger partial charge in [0, 0.05) is 29.4 Å². The fourth-order valence-corrected chi connectivity index (χ4v) is 2.45. The number of hydrogen-bond donors (Lipinski definition) is 1. The first-order valence-corrected chi connectivity index (χ1v) is 8.88. The first-order chi connectivity index (χ1) is 13.1. The Morgan fingerprint density at radius 1 is 1.26 bits per heavy atom. The highest BCUT2D eigenvalue weighted by atomic mass is 35.5. The van der Waals surface area contributed by atoms with Crippen molar-refractivity contribution < 1.29 is 14.1 Å². The Morgan fingerprint density at radius 3 is 2.85 bits per heavy atom. The van der Waals surface area contributed by atoms with Crippen molar-refractivity contribution in [2.24, 2.45) is 0 Å². The van der Waals surface area contributed by atoms with Crippen LogP contribution in [0.2, 0.25) is 5.02 Å². The molecule has 3 rings (SSSR count). The summed E-state index contributed by atoms with van der Waals surface area (Å²) in [4.78, 5) is 20.1. The number of halogens is 1.